The molecular formula is C18H18N2O4. The maximum atomic E-state index is 12.3. The van der Waals surface area contributed by atoms with Crippen molar-refractivity contribution in [3.05, 3.63) is 35.4 Å². The molecule has 124 valence electrons. The molecule has 1 saturated heterocycles. The highest BCUT2D eigenvalue weighted by Gasteiger charge is 2.48. The lowest BCUT2D eigenvalue weighted by Gasteiger charge is -2.19. The number of nitrogens with zero attached hydrogens (tertiary/aromatic N) is 2. The third-order valence-electron chi connectivity index (χ3n) is 4.75. The molecule has 6 heteroatoms. The number of rotatable bonds is 4. The van der Waals surface area contributed by atoms with E-state index in [0.29, 0.717) is 11.1 Å². The largest absolute Gasteiger partial charge is 0.459 e. The summed E-state index contributed by atoms with van der Waals surface area (Å²) >= 11 is 0. The van der Waals surface area contributed by atoms with Crippen LogP contribution in [0.25, 0.3) is 0 Å². The molecule has 0 radical (unpaired) electrons. The van der Waals surface area contributed by atoms with E-state index in [9.17, 15) is 14.4 Å². The number of likely N-dealkylation sites (tertiary alicyclic amines) is 1. The smallest absolute Gasteiger partial charge is 0.326 e. The number of ether oxygens (including phenoxy) is 1. The topological polar surface area (TPSA) is 87.5 Å². The van der Waals surface area contributed by atoms with E-state index in [0.717, 1.165) is 30.6 Å². The van der Waals surface area contributed by atoms with Gasteiger partial charge in [-0.2, -0.15) is 5.26 Å². The van der Waals surface area contributed by atoms with Crippen LogP contribution in [0.2, 0.25) is 0 Å². The fraction of sp³-hybridized carbons (Fsp3) is 0.444. The Kier molecular flexibility index (Phi) is 4.61. The number of hydrogen-bond donors (Lipinski definition) is 0. The van der Waals surface area contributed by atoms with Gasteiger partial charge in [0.2, 0.25) is 11.8 Å². The Morgan fingerprint density at radius 1 is 1.17 bits per heavy atom. The third-order valence-corrected chi connectivity index (χ3v) is 4.75. The number of amides is 2. The summed E-state index contributed by atoms with van der Waals surface area (Å²) in [5.74, 6) is -1.67. The number of carbonyl (C=O) groups is 3. The SMILES string of the molecule is N#Cc1ccccc1COC(=O)CN1C(=O)[C@@H]2CCCC[C@H]2C1=O. The van der Waals surface area contributed by atoms with Crippen molar-refractivity contribution in [1.82, 2.24) is 4.90 Å². The molecule has 0 bridgehead atoms. The molecule has 2 atom stereocenters. The average molecular weight is 326 g/mol. The van der Waals surface area contributed by atoms with E-state index in [4.69, 9.17) is 10.00 Å². The van der Waals surface area contributed by atoms with Gasteiger partial charge in [0, 0.05) is 5.56 Å². The molecule has 1 aromatic rings. The molecule has 1 aromatic carbocycles. The number of benzene rings is 1. The lowest BCUT2D eigenvalue weighted by atomic mass is 9.81. The van der Waals surface area contributed by atoms with Crippen molar-refractivity contribution in [2.45, 2.75) is 32.3 Å². The van der Waals surface area contributed by atoms with Crippen LogP contribution in [0, 0.1) is 23.2 Å². The summed E-state index contributed by atoms with van der Waals surface area (Å²) < 4.78 is 5.15. The molecular weight excluding hydrogens is 308 g/mol. The number of esters is 1. The van der Waals surface area contributed by atoms with E-state index in [2.05, 4.69) is 0 Å². The van der Waals surface area contributed by atoms with Gasteiger partial charge < -0.3 is 4.74 Å². The molecule has 2 fully saturated rings. The Morgan fingerprint density at radius 2 is 1.79 bits per heavy atom. The van der Waals surface area contributed by atoms with E-state index < -0.39 is 5.97 Å². The van der Waals surface area contributed by atoms with Gasteiger partial charge in [-0.05, 0) is 18.9 Å². The zero-order valence-corrected chi connectivity index (χ0v) is 13.2. The van der Waals surface area contributed by atoms with Gasteiger partial charge in [-0.3, -0.25) is 19.3 Å². The Bertz CT molecular complexity index is 698. The first-order valence-electron chi connectivity index (χ1n) is 8.10. The van der Waals surface area contributed by atoms with Crippen LogP contribution in [-0.2, 0) is 25.7 Å². The lowest BCUT2D eigenvalue weighted by Crippen LogP contribution is -2.36. The third kappa shape index (κ3) is 3.02. The fourth-order valence-electron chi connectivity index (χ4n) is 3.48. The summed E-state index contributed by atoms with van der Waals surface area (Å²) in [7, 11) is 0. The van der Waals surface area contributed by atoms with E-state index in [1.807, 2.05) is 6.07 Å². The first-order valence-corrected chi connectivity index (χ1v) is 8.10. The number of carbonyl (C=O) groups excluding carboxylic acids is 3. The van der Waals surface area contributed by atoms with Gasteiger partial charge in [0.1, 0.15) is 13.2 Å². The van der Waals surface area contributed by atoms with Crippen molar-refractivity contribution < 1.29 is 19.1 Å². The molecule has 24 heavy (non-hydrogen) atoms. The van der Waals surface area contributed by atoms with Crippen LogP contribution < -0.4 is 0 Å². The van der Waals surface area contributed by atoms with Gasteiger partial charge in [-0.15, -0.1) is 0 Å². The first kappa shape index (κ1) is 16.2. The van der Waals surface area contributed by atoms with Gasteiger partial charge in [-0.1, -0.05) is 31.0 Å². The van der Waals surface area contributed by atoms with Gasteiger partial charge >= 0.3 is 5.97 Å². The summed E-state index contributed by atoms with van der Waals surface area (Å²) in [5.41, 5.74) is 1.03. The summed E-state index contributed by atoms with van der Waals surface area (Å²) in [6.45, 7) is -0.398. The Labute approximate surface area is 140 Å². The van der Waals surface area contributed by atoms with Gasteiger partial charge in [0.25, 0.3) is 0 Å². The van der Waals surface area contributed by atoms with Crippen LogP contribution in [0.15, 0.2) is 24.3 Å². The number of nitriles is 1. The number of hydrogen-bond acceptors (Lipinski definition) is 5. The predicted octanol–water partition coefficient (Wildman–Crippen LogP) is 1.78. The van der Waals surface area contributed by atoms with Crippen molar-refractivity contribution in [2.24, 2.45) is 11.8 Å². The van der Waals surface area contributed by atoms with Crippen molar-refractivity contribution >= 4 is 17.8 Å². The monoisotopic (exact) mass is 326 g/mol. The zero-order valence-electron chi connectivity index (χ0n) is 13.2. The standard InChI is InChI=1S/C18H18N2O4/c19-9-12-5-1-2-6-13(12)11-24-16(21)10-20-17(22)14-7-3-4-8-15(14)18(20)23/h1-2,5-6,14-15H,3-4,7-8,10-11H2/t14-,15-/m1/s1. The average Bonchev–Trinajstić information content (AvgIpc) is 2.85. The molecule has 1 saturated carbocycles. The molecule has 6 nitrogen and oxygen atoms in total. The summed E-state index contributed by atoms with van der Waals surface area (Å²) in [4.78, 5) is 37.7. The van der Waals surface area contributed by atoms with Crippen molar-refractivity contribution in [2.75, 3.05) is 6.54 Å². The van der Waals surface area contributed by atoms with E-state index in [-0.39, 0.29) is 36.8 Å². The molecule has 3 rings (SSSR count). The Hall–Kier alpha value is -2.68. The molecule has 0 N–H and O–H groups in total. The zero-order chi connectivity index (χ0) is 17.1. The maximum Gasteiger partial charge on any atom is 0.326 e. The highest BCUT2D eigenvalue weighted by molar-refractivity contribution is 6.07. The highest BCUT2D eigenvalue weighted by Crippen LogP contribution is 2.37. The minimum Gasteiger partial charge on any atom is -0.459 e. The molecule has 0 unspecified atom stereocenters. The van der Waals surface area contributed by atoms with Crippen LogP contribution >= 0.6 is 0 Å². The van der Waals surface area contributed by atoms with E-state index in [1.165, 1.54) is 0 Å². The Balaban J connectivity index is 1.60. The van der Waals surface area contributed by atoms with Gasteiger partial charge in [-0.25, -0.2) is 0 Å². The number of imide groups is 1. The molecule has 1 aliphatic heterocycles. The quantitative estimate of drug-likeness (QED) is 0.621. The lowest BCUT2D eigenvalue weighted by molar-refractivity contribution is -0.153. The summed E-state index contributed by atoms with van der Waals surface area (Å²) in [5, 5.41) is 9.01. The van der Waals surface area contributed by atoms with Crippen LogP contribution in [0.3, 0.4) is 0 Å². The van der Waals surface area contributed by atoms with Crippen LogP contribution in [0.4, 0.5) is 0 Å². The molecule has 1 heterocycles. The second kappa shape index (κ2) is 6.83. The number of fused-ring (bicyclic) bond motifs is 1. The van der Waals surface area contributed by atoms with Crippen molar-refractivity contribution in [3.8, 4) is 6.07 Å². The molecule has 1 aliphatic carbocycles. The van der Waals surface area contributed by atoms with E-state index in [1.54, 1.807) is 24.3 Å². The first-order chi connectivity index (χ1) is 11.6. The van der Waals surface area contributed by atoms with Crippen LogP contribution in [-0.4, -0.2) is 29.2 Å². The maximum absolute atomic E-state index is 12.3. The second-order valence-electron chi connectivity index (χ2n) is 6.19. The second-order valence-corrected chi connectivity index (χ2v) is 6.19. The van der Waals surface area contributed by atoms with Gasteiger partial charge in [0.05, 0.1) is 23.5 Å². The van der Waals surface area contributed by atoms with E-state index >= 15 is 0 Å². The normalized spacial score (nSPS) is 22.9. The van der Waals surface area contributed by atoms with Gasteiger partial charge in [0.15, 0.2) is 0 Å². The van der Waals surface area contributed by atoms with Crippen molar-refractivity contribution in [1.29, 1.82) is 5.26 Å². The van der Waals surface area contributed by atoms with Crippen molar-refractivity contribution in [3.63, 3.8) is 0 Å². The van der Waals surface area contributed by atoms with Crippen LogP contribution in [0.5, 0.6) is 0 Å². The summed E-state index contributed by atoms with van der Waals surface area (Å²) in [6.07, 6.45) is 3.33. The molecule has 0 spiro atoms. The minimum absolute atomic E-state index is 0.0500. The summed E-state index contributed by atoms with van der Waals surface area (Å²) in [6, 6.07) is 8.85. The fourth-order valence-corrected chi connectivity index (χ4v) is 3.48. The highest BCUT2D eigenvalue weighted by atomic mass is 16.5. The molecule has 0 aromatic heterocycles. The minimum atomic E-state index is -0.636. The molecule has 2 amide bonds. The molecule has 2 aliphatic rings. The Morgan fingerprint density at radius 3 is 2.42 bits per heavy atom. The van der Waals surface area contributed by atoms with Crippen LogP contribution in [0.1, 0.15) is 36.8 Å². The predicted molar refractivity (Wildman–Crippen MR) is 83.1 cm³/mol.